The highest BCUT2D eigenvalue weighted by molar-refractivity contribution is 7.85. The second kappa shape index (κ2) is 7.89. The fraction of sp³-hybridized carbons (Fsp3) is 1.00. The molecule has 0 fully saturated rings. The SMILES string of the molecule is CNC.O=S(=O)(O)CCCCC(F)(F)F. The number of alkyl halides is 3. The zero-order chi connectivity index (χ0) is 12.5. The zero-order valence-corrected chi connectivity index (χ0v) is 9.45. The lowest BCUT2D eigenvalue weighted by molar-refractivity contribution is -0.135. The number of halogens is 3. The van der Waals surface area contributed by atoms with Crippen molar-refractivity contribution < 1.29 is 26.1 Å². The molecule has 0 aromatic rings. The lowest BCUT2D eigenvalue weighted by Crippen LogP contribution is -2.09. The topological polar surface area (TPSA) is 66.4 Å². The van der Waals surface area contributed by atoms with Crippen LogP contribution in [0.2, 0.25) is 0 Å². The Morgan fingerprint density at radius 3 is 1.87 bits per heavy atom. The maximum absolute atomic E-state index is 11.5. The van der Waals surface area contributed by atoms with Gasteiger partial charge in [-0.15, -0.1) is 0 Å². The van der Waals surface area contributed by atoms with Crippen LogP contribution in [0, 0.1) is 0 Å². The summed E-state index contributed by atoms with van der Waals surface area (Å²) in [5.41, 5.74) is 0. The van der Waals surface area contributed by atoms with Crippen LogP contribution in [0.3, 0.4) is 0 Å². The standard InChI is InChI=1S/C5H9F3O3S.C2H7N/c6-5(7,8)3-1-2-4-12(9,10)11;1-3-2/h1-4H2,(H,9,10,11);3H,1-2H3. The van der Waals surface area contributed by atoms with Gasteiger partial charge in [0, 0.05) is 6.42 Å². The van der Waals surface area contributed by atoms with Gasteiger partial charge in [0.1, 0.15) is 0 Å². The first-order valence-electron chi connectivity index (χ1n) is 4.23. The van der Waals surface area contributed by atoms with Crippen LogP contribution < -0.4 is 5.32 Å². The molecule has 2 N–H and O–H groups in total. The van der Waals surface area contributed by atoms with Gasteiger partial charge in [-0.05, 0) is 26.9 Å². The van der Waals surface area contributed by atoms with Gasteiger partial charge in [0.2, 0.25) is 0 Å². The minimum atomic E-state index is -4.25. The largest absolute Gasteiger partial charge is 0.389 e. The van der Waals surface area contributed by atoms with Crippen molar-refractivity contribution in [1.29, 1.82) is 0 Å². The fourth-order valence-corrected chi connectivity index (χ4v) is 1.18. The van der Waals surface area contributed by atoms with Crippen LogP contribution in [0.15, 0.2) is 0 Å². The number of hydrogen-bond donors (Lipinski definition) is 2. The Bertz CT molecular complexity index is 238. The molecule has 0 saturated heterocycles. The van der Waals surface area contributed by atoms with Crippen LogP contribution in [0.4, 0.5) is 13.2 Å². The molecular formula is C7H16F3NO3S. The monoisotopic (exact) mass is 251 g/mol. The van der Waals surface area contributed by atoms with Gasteiger partial charge in [-0.2, -0.15) is 21.6 Å². The summed E-state index contributed by atoms with van der Waals surface area (Å²) >= 11 is 0. The van der Waals surface area contributed by atoms with E-state index in [4.69, 9.17) is 4.55 Å². The quantitative estimate of drug-likeness (QED) is 0.586. The molecule has 0 bridgehead atoms. The Balaban J connectivity index is 0. The van der Waals surface area contributed by atoms with Crippen LogP contribution in [0.25, 0.3) is 0 Å². The highest BCUT2D eigenvalue weighted by atomic mass is 32.2. The van der Waals surface area contributed by atoms with Crippen molar-refractivity contribution in [3.63, 3.8) is 0 Å². The molecule has 8 heteroatoms. The average molecular weight is 251 g/mol. The molecular weight excluding hydrogens is 235 g/mol. The van der Waals surface area contributed by atoms with E-state index in [2.05, 4.69) is 5.32 Å². The number of hydrogen-bond acceptors (Lipinski definition) is 3. The van der Waals surface area contributed by atoms with Crippen LogP contribution in [0.1, 0.15) is 19.3 Å². The minimum absolute atomic E-state index is 0.168. The molecule has 15 heavy (non-hydrogen) atoms. The Kier molecular flexibility index (Phi) is 8.98. The molecule has 4 nitrogen and oxygen atoms in total. The smallest absolute Gasteiger partial charge is 0.323 e. The predicted octanol–water partition coefficient (Wildman–Crippen LogP) is 1.44. The normalized spacial score (nSPS) is 11.9. The first kappa shape index (κ1) is 17.1. The molecule has 0 aliphatic heterocycles. The first-order valence-corrected chi connectivity index (χ1v) is 5.83. The van der Waals surface area contributed by atoms with Gasteiger partial charge < -0.3 is 5.32 Å². The van der Waals surface area contributed by atoms with Crippen LogP contribution >= 0.6 is 0 Å². The molecule has 0 aliphatic carbocycles. The summed E-state index contributed by atoms with van der Waals surface area (Å²) in [4.78, 5) is 0. The summed E-state index contributed by atoms with van der Waals surface area (Å²) in [6.07, 6.45) is -5.70. The van der Waals surface area contributed by atoms with Gasteiger partial charge in [0.15, 0.2) is 0 Å². The van der Waals surface area contributed by atoms with E-state index in [1.807, 2.05) is 14.1 Å². The third-order valence-electron chi connectivity index (χ3n) is 1.11. The van der Waals surface area contributed by atoms with Gasteiger partial charge in [0.25, 0.3) is 10.1 Å². The highest BCUT2D eigenvalue weighted by Gasteiger charge is 2.26. The third kappa shape index (κ3) is 24.8. The van der Waals surface area contributed by atoms with Gasteiger partial charge >= 0.3 is 6.18 Å². The van der Waals surface area contributed by atoms with E-state index in [-0.39, 0.29) is 12.8 Å². The first-order chi connectivity index (χ1) is 6.62. The molecule has 0 amide bonds. The van der Waals surface area contributed by atoms with E-state index in [0.717, 1.165) is 0 Å². The molecule has 0 aromatic heterocycles. The maximum Gasteiger partial charge on any atom is 0.389 e. The van der Waals surface area contributed by atoms with Crippen molar-refractivity contribution in [2.45, 2.75) is 25.4 Å². The molecule has 0 heterocycles. The van der Waals surface area contributed by atoms with Gasteiger partial charge in [-0.1, -0.05) is 0 Å². The molecule has 0 unspecified atom stereocenters. The summed E-state index contributed by atoms with van der Waals surface area (Å²) in [6, 6.07) is 0. The van der Waals surface area contributed by atoms with Crippen molar-refractivity contribution in [2.24, 2.45) is 0 Å². The number of nitrogens with one attached hydrogen (secondary N) is 1. The Morgan fingerprint density at radius 1 is 1.20 bits per heavy atom. The average Bonchev–Trinajstić information content (AvgIpc) is 1.96. The highest BCUT2D eigenvalue weighted by Crippen LogP contribution is 2.22. The van der Waals surface area contributed by atoms with E-state index >= 15 is 0 Å². The van der Waals surface area contributed by atoms with Gasteiger partial charge in [-0.3, -0.25) is 4.55 Å². The molecule has 0 aromatic carbocycles. The Morgan fingerprint density at radius 2 is 1.60 bits per heavy atom. The van der Waals surface area contributed by atoms with Crippen molar-refractivity contribution in [1.82, 2.24) is 5.32 Å². The lowest BCUT2D eigenvalue weighted by atomic mass is 10.2. The number of unbranched alkanes of at least 4 members (excludes halogenated alkanes) is 1. The molecule has 0 rings (SSSR count). The summed E-state index contributed by atoms with van der Waals surface area (Å²) in [6.45, 7) is 0. The summed E-state index contributed by atoms with van der Waals surface area (Å²) in [5.74, 6) is -0.608. The van der Waals surface area contributed by atoms with Crippen molar-refractivity contribution in [3.05, 3.63) is 0 Å². The molecule has 0 aliphatic rings. The number of rotatable bonds is 4. The lowest BCUT2D eigenvalue weighted by Gasteiger charge is -2.04. The van der Waals surface area contributed by atoms with Gasteiger partial charge in [-0.25, -0.2) is 0 Å². The maximum atomic E-state index is 11.5. The second-order valence-corrected chi connectivity index (χ2v) is 4.43. The van der Waals surface area contributed by atoms with Crippen molar-refractivity contribution in [2.75, 3.05) is 19.8 Å². The Labute approximate surface area is 87.6 Å². The predicted molar refractivity (Wildman–Crippen MR) is 51.3 cm³/mol. The fourth-order valence-electron chi connectivity index (χ4n) is 0.610. The third-order valence-corrected chi connectivity index (χ3v) is 1.92. The molecule has 0 atom stereocenters. The van der Waals surface area contributed by atoms with E-state index in [0.29, 0.717) is 0 Å². The zero-order valence-electron chi connectivity index (χ0n) is 8.63. The molecule has 0 saturated carbocycles. The molecule has 0 radical (unpaired) electrons. The Hall–Kier alpha value is -0.340. The summed E-state index contributed by atoms with van der Waals surface area (Å²) < 4.78 is 62.6. The summed E-state index contributed by atoms with van der Waals surface area (Å²) in [5, 5.41) is 2.75. The van der Waals surface area contributed by atoms with Gasteiger partial charge in [0.05, 0.1) is 5.75 Å². The van der Waals surface area contributed by atoms with Crippen LogP contribution in [0.5, 0.6) is 0 Å². The summed E-state index contributed by atoms with van der Waals surface area (Å²) in [7, 11) is -0.359. The molecule has 94 valence electrons. The van der Waals surface area contributed by atoms with E-state index < -0.39 is 28.5 Å². The van der Waals surface area contributed by atoms with Crippen LogP contribution in [-0.2, 0) is 10.1 Å². The minimum Gasteiger partial charge on any atom is -0.323 e. The van der Waals surface area contributed by atoms with E-state index in [9.17, 15) is 21.6 Å². The van der Waals surface area contributed by atoms with Crippen molar-refractivity contribution in [3.8, 4) is 0 Å². The van der Waals surface area contributed by atoms with E-state index in [1.165, 1.54) is 0 Å². The van der Waals surface area contributed by atoms with Crippen LogP contribution in [-0.4, -0.2) is 39.0 Å². The van der Waals surface area contributed by atoms with Crippen molar-refractivity contribution >= 4 is 10.1 Å². The molecule has 0 spiro atoms. The van der Waals surface area contributed by atoms with E-state index in [1.54, 1.807) is 0 Å². The second-order valence-electron chi connectivity index (χ2n) is 2.86.